The molecule has 0 bridgehead atoms. The number of allylic oxidation sites excluding steroid dienone is 3. The fourth-order valence-electron chi connectivity index (χ4n) is 5.24. The van der Waals surface area contributed by atoms with E-state index in [1.54, 1.807) is 0 Å². The maximum absolute atomic E-state index is 5.17. The molecular formula is C31H30N4. The molecule has 1 aliphatic heterocycles. The summed E-state index contributed by atoms with van der Waals surface area (Å²) in [5, 5.41) is 0. The third kappa shape index (κ3) is 4.32. The number of anilines is 4. The molecule has 1 aliphatic carbocycles. The molecule has 3 aromatic carbocycles. The van der Waals surface area contributed by atoms with Gasteiger partial charge in [-0.05, 0) is 68.5 Å². The van der Waals surface area contributed by atoms with Gasteiger partial charge >= 0.3 is 0 Å². The van der Waals surface area contributed by atoms with Crippen molar-refractivity contribution in [3.8, 4) is 0 Å². The molecule has 4 aromatic rings. The Morgan fingerprint density at radius 2 is 1.17 bits per heavy atom. The lowest BCUT2D eigenvalue weighted by Gasteiger charge is -2.33. The van der Waals surface area contributed by atoms with Gasteiger partial charge in [-0.3, -0.25) is 0 Å². The van der Waals surface area contributed by atoms with E-state index in [2.05, 4.69) is 101 Å². The molecule has 6 rings (SSSR count). The molecule has 0 amide bonds. The summed E-state index contributed by atoms with van der Waals surface area (Å²) >= 11 is 0. The van der Waals surface area contributed by atoms with Crippen molar-refractivity contribution >= 4 is 34.0 Å². The van der Waals surface area contributed by atoms with Crippen LogP contribution in [0.25, 0.3) is 11.0 Å². The van der Waals surface area contributed by atoms with Gasteiger partial charge in [-0.15, -0.1) is 0 Å². The van der Waals surface area contributed by atoms with Crippen molar-refractivity contribution in [2.45, 2.75) is 44.7 Å². The Kier molecular flexibility index (Phi) is 6.02. The number of hydrogen-bond acceptors (Lipinski definition) is 4. The van der Waals surface area contributed by atoms with E-state index >= 15 is 0 Å². The Morgan fingerprint density at radius 3 is 1.77 bits per heavy atom. The average Bonchev–Trinajstić information content (AvgIpc) is 3.28. The van der Waals surface area contributed by atoms with Crippen LogP contribution in [0.2, 0.25) is 0 Å². The highest BCUT2D eigenvalue weighted by Crippen LogP contribution is 2.47. The first-order chi connectivity index (χ1) is 17.4. The molecule has 0 unspecified atom stereocenters. The zero-order valence-corrected chi connectivity index (χ0v) is 19.9. The summed E-state index contributed by atoms with van der Waals surface area (Å²) in [4.78, 5) is 15.1. The van der Waals surface area contributed by atoms with Crippen LogP contribution in [0, 0.1) is 0 Å². The standard InChI is InChI=1S/C31H30N4/c1-2-4-8-16-24(15-7-3-1)23-29-34(25-17-9-5-10-18-25)30-31(35(29)26-19-11-6-12-20-26)33-28-22-14-13-21-27(28)32-30/h1-2,5-6,9-15,17-22,29H,3-4,7-8,16,23H2/b2-1?,24-15+. The molecule has 2 aliphatic rings. The number of hydrogen-bond donors (Lipinski definition) is 0. The maximum Gasteiger partial charge on any atom is 0.179 e. The van der Waals surface area contributed by atoms with E-state index in [1.807, 2.05) is 12.1 Å². The minimum atomic E-state index is 0.0616. The van der Waals surface area contributed by atoms with Crippen molar-refractivity contribution in [2.24, 2.45) is 0 Å². The smallest absolute Gasteiger partial charge is 0.179 e. The summed E-state index contributed by atoms with van der Waals surface area (Å²) in [6.07, 6.45) is 13.8. The van der Waals surface area contributed by atoms with Crippen LogP contribution in [-0.4, -0.2) is 16.1 Å². The van der Waals surface area contributed by atoms with Gasteiger partial charge in [0.05, 0.1) is 11.0 Å². The van der Waals surface area contributed by atoms with Gasteiger partial charge in [-0.1, -0.05) is 72.3 Å². The van der Waals surface area contributed by atoms with Crippen LogP contribution in [0.1, 0.15) is 38.5 Å². The molecule has 0 spiro atoms. The molecule has 174 valence electrons. The first-order valence-corrected chi connectivity index (χ1v) is 12.7. The molecule has 4 nitrogen and oxygen atoms in total. The third-order valence-corrected chi connectivity index (χ3v) is 6.90. The molecule has 0 saturated heterocycles. The number of para-hydroxylation sites is 4. The van der Waals surface area contributed by atoms with Gasteiger partial charge in [-0.2, -0.15) is 0 Å². The molecule has 0 atom stereocenters. The highest BCUT2D eigenvalue weighted by molar-refractivity contribution is 5.89. The Hall–Kier alpha value is -3.92. The summed E-state index contributed by atoms with van der Waals surface area (Å²) < 4.78 is 0. The molecule has 1 aromatic heterocycles. The van der Waals surface area contributed by atoms with Crippen molar-refractivity contribution in [1.29, 1.82) is 0 Å². The Morgan fingerprint density at radius 1 is 0.629 bits per heavy atom. The molecule has 0 radical (unpaired) electrons. The molecule has 0 N–H and O–H groups in total. The van der Waals surface area contributed by atoms with Gasteiger partial charge in [0.25, 0.3) is 0 Å². The summed E-state index contributed by atoms with van der Waals surface area (Å²) in [5.74, 6) is 1.85. The van der Waals surface area contributed by atoms with Crippen LogP contribution < -0.4 is 9.80 Å². The third-order valence-electron chi connectivity index (χ3n) is 6.90. The number of nitrogens with zero attached hydrogens (tertiary/aromatic N) is 4. The van der Waals surface area contributed by atoms with E-state index < -0.39 is 0 Å². The highest BCUT2D eigenvalue weighted by atomic mass is 15.5. The Labute approximate surface area is 207 Å². The molecule has 0 saturated carbocycles. The van der Waals surface area contributed by atoms with E-state index in [9.17, 15) is 0 Å². The predicted octanol–water partition coefficient (Wildman–Crippen LogP) is 8.08. The summed E-state index contributed by atoms with van der Waals surface area (Å²) in [6, 6.07) is 29.5. The van der Waals surface area contributed by atoms with E-state index in [0.717, 1.165) is 66.1 Å². The average molecular weight is 459 g/mol. The largest absolute Gasteiger partial charge is 0.302 e. The zero-order valence-electron chi connectivity index (χ0n) is 19.9. The second-order valence-electron chi connectivity index (χ2n) is 9.26. The van der Waals surface area contributed by atoms with Crippen molar-refractivity contribution < 1.29 is 0 Å². The first-order valence-electron chi connectivity index (χ1n) is 12.7. The van der Waals surface area contributed by atoms with Crippen LogP contribution in [-0.2, 0) is 0 Å². The van der Waals surface area contributed by atoms with Gasteiger partial charge in [0.2, 0.25) is 0 Å². The minimum Gasteiger partial charge on any atom is -0.302 e. The van der Waals surface area contributed by atoms with Crippen LogP contribution in [0.15, 0.2) is 109 Å². The second kappa shape index (κ2) is 9.75. The monoisotopic (exact) mass is 458 g/mol. The van der Waals surface area contributed by atoms with Crippen LogP contribution in [0.3, 0.4) is 0 Å². The molecular weight excluding hydrogens is 428 g/mol. The fourth-order valence-corrected chi connectivity index (χ4v) is 5.24. The van der Waals surface area contributed by atoms with Crippen LogP contribution >= 0.6 is 0 Å². The molecule has 2 heterocycles. The predicted molar refractivity (Wildman–Crippen MR) is 145 cm³/mol. The van der Waals surface area contributed by atoms with Crippen LogP contribution in [0.5, 0.6) is 0 Å². The lowest BCUT2D eigenvalue weighted by molar-refractivity contribution is 0.648. The van der Waals surface area contributed by atoms with E-state index in [0.29, 0.717) is 0 Å². The zero-order chi connectivity index (χ0) is 23.5. The number of aromatic nitrogens is 2. The first kappa shape index (κ1) is 21.6. The minimum absolute atomic E-state index is 0.0616. The SMILES string of the molecule is C1=CCCC/C(CC2N(c3ccccc3)c3nc4ccccc4nc3N2c2ccccc2)=C\CC1. The Balaban J connectivity index is 1.51. The fraction of sp³-hybridized carbons (Fsp3) is 0.226. The van der Waals surface area contributed by atoms with Gasteiger partial charge in [0.1, 0.15) is 6.17 Å². The Bertz CT molecular complexity index is 1270. The number of rotatable bonds is 4. The van der Waals surface area contributed by atoms with Crippen molar-refractivity contribution in [3.63, 3.8) is 0 Å². The lowest BCUT2D eigenvalue weighted by Crippen LogP contribution is -2.39. The summed E-state index contributed by atoms with van der Waals surface area (Å²) in [7, 11) is 0. The summed E-state index contributed by atoms with van der Waals surface area (Å²) in [6.45, 7) is 0. The topological polar surface area (TPSA) is 32.3 Å². The van der Waals surface area contributed by atoms with Gasteiger partial charge in [-0.25, -0.2) is 9.97 Å². The van der Waals surface area contributed by atoms with E-state index in [-0.39, 0.29) is 6.17 Å². The van der Waals surface area contributed by atoms with Crippen molar-refractivity contribution in [2.75, 3.05) is 9.80 Å². The van der Waals surface area contributed by atoms with Gasteiger partial charge < -0.3 is 9.80 Å². The molecule has 35 heavy (non-hydrogen) atoms. The quantitative estimate of drug-likeness (QED) is 0.289. The van der Waals surface area contributed by atoms with Gasteiger partial charge in [0.15, 0.2) is 11.6 Å². The number of benzene rings is 3. The lowest BCUT2D eigenvalue weighted by atomic mass is 10.0. The van der Waals surface area contributed by atoms with E-state index in [4.69, 9.17) is 9.97 Å². The van der Waals surface area contributed by atoms with E-state index in [1.165, 1.54) is 12.0 Å². The molecule has 4 heteroatoms. The van der Waals surface area contributed by atoms with Gasteiger partial charge in [0, 0.05) is 17.8 Å². The molecule has 0 fully saturated rings. The van der Waals surface area contributed by atoms with Crippen molar-refractivity contribution in [3.05, 3.63) is 109 Å². The van der Waals surface area contributed by atoms with Crippen LogP contribution in [0.4, 0.5) is 23.0 Å². The second-order valence-corrected chi connectivity index (χ2v) is 9.26. The number of fused-ring (bicyclic) bond motifs is 2. The maximum atomic E-state index is 5.17. The van der Waals surface area contributed by atoms with Crippen molar-refractivity contribution in [1.82, 2.24) is 9.97 Å². The normalized spacial score (nSPS) is 18.0. The summed E-state index contributed by atoms with van der Waals surface area (Å²) in [5.41, 5.74) is 5.67. The highest BCUT2D eigenvalue weighted by Gasteiger charge is 2.40.